The highest BCUT2D eigenvalue weighted by atomic mass is 16.5. The first kappa shape index (κ1) is 15.4. The molecule has 4 heteroatoms. The molecule has 0 saturated carbocycles. The largest absolute Gasteiger partial charge is 0.384 e. The van der Waals surface area contributed by atoms with E-state index in [0.717, 1.165) is 13.1 Å². The fraction of sp³-hybridized carbons (Fsp3) is 0.929. The van der Waals surface area contributed by atoms with E-state index >= 15 is 0 Å². The van der Waals surface area contributed by atoms with E-state index in [-0.39, 0.29) is 5.91 Å². The Morgan fingerprint density at radius 3 is 2.67 bits per heavy atom. The second-order valence-electron chi connectivity index (χ2n) is 5.63. The number of carbonyl (C=O) groups excluding carboxylic acids is 1. The molecule has 0 aromatic rings. The molecule has 0 aromatic carbocycles. The van der Waals surface area contributed by atoms with E-state index in [1.54, 1.807) is 7.11 Å². The quantitative estimate of drug-likeness (QED) is 0.724. The predicted molar refractivity (Wildman–Crippen MR) is 73.4 cm³/mol. The minimum atomic E-state index is 0.184. The number of piperidine rings is 1. The summed E-state index contributed by atoms with van der Waals surface area (Å²) in [5, 5.41) is 6.37. The van der Waals surface area contributed by atoms with Crippen molar-refractivity contribution < 1.29 is 9.53 Å². The Kier molecular flexibility index (Phi) is 7.28. The number of amides is 1. The molecule has 1 heterocycles. The molecule has 4 nitrogen and oxygen atoms in total. The number of methoxy groups -OCH3 is 1. The first-order chi connectivity index (χ1) is 8.63. The summed E-state index contributed by atoms with van der Waals surface area (Å²) in [6.07, 6.45) is 3.06. The van der Waals surface area contributed by atoms with Gasteiger partial charge >= 0.3 is 0 Å². The number of ether oxygens (including phenoxy) is 1. The van der Waals surface area contributed by atoms with Crippen molar-refractivity contribution in [3.8, 4) is 0 Å². The van der Waals surface area contributed by atoms with Crippen molar-refractivity contribution in [3.05, 3.63) is 0 Å². The van der Waals surface area contributed by atoms with Crippen molar-refractivity contribution in [2.24, 2.45) is 17.8 Å². The van der Waals surface area contributed by atoms with Crippen LogP contribution in [0.25, 0.3) is 0 Å². The summed E-state index contributed by atoms with van der Waals surface area (Å²) in [4.78, 5) is 11.8. The summed E-state index contributed by atoms with van der Waals surface area (Å²) >= 11 is 0. The van der Waals surface area contributed by atoms with Gasteiger partial charge in [0.1, 0.15) is 0 Å². The molecule has 2 N–H and O–H groups in total. The maximum Gasteiger partial charge on any atom is 0.220 e. The minimum absolute atomic E-state index is 0.184. The topological polar surface area (TPSA) is 50.4 Å². The molecular formula is C14H28N2O2. The molecule has 106 valence electrons. The van der Waals surface area contributed by atoms with Crippen LogP contribution in [0.2, 0.25) is 0 Å². The standard InChI is InChI=1S/C14H28N2O2/c1-11(10-18-3)9-16-14(17)8-12(2)13-4-6-15-7-5-13/h11-13,15H,4-10H2,1-3H3,(H,16,17). The molecule has 1 aliphatic heterocycles. The van der Waals surface area contributed by atoms with E-state index in [4.69, 9.17) is 4.74 Å². The van der Waals surface area contributed by atoms with Crippen molar-refractivity contribution in [1.29, 1.82) is 0 Å². The number of hydrogen-bond acceptors (Lipinski definition) is 3. The van der Waals surface area contributed by atoms with Gasteiger partial charge in [0, 0.05) is 20.1 Å². The van der Waals surface area contributed by atoms with Gasteiger partial charge in [-0.25, -0.2) is 0 Å². The molecule has 1 amide bonds. The lowest BCUT2D eigenvalue weighted by Crippen LogP contribution is -2.35. The van der Waals surface area contributed by atoms with Crippen molar-refractivity contribution >= 4 is 5.91 Å². The van der Waals surface area contributed by atoms with Gasteiger partial charge in [0.25, 0.3) is 0 Å². The normalized spacial score (nSPS) is 20.4. The molecule has 18 heavy (non-hydrogen) atoms. The smallest absolute Gasteiger partial charge is 0.220 e. The maximum absolute atomic E-state index is 11.8. The highest BCUT2D eigenvalue weighted by molar-refractivity contribution is 5.76. The van der Waals surface area contributed by atoms with Crippen molar-refractivity contribution in [2.75, 3.05) is 33.4 Å². The Morgan fingerprint density at radius 2 is 2.06 bits per heavy atom. The Hall–Kier alpha value is -0.610. The molecule has 0 bridgehead atoms. The van der Waals surface area contributed by atoms with Gasteiger partial charge in [0.05, 0.1) is 6.61 Å². The van der Waals surface area contributed by atoms with Crippen LogP contribution < -0.4 is 10.6 Å². The summed E-state index contributed by atoms with van der Waals surface area (Å²) in [5.74, 6) is 1.76. The van der Waals surface area contributed by atoms with Crippen LogP contribution in [0.1, 0.15) is 33.1 Å². The second kappa shape index (κ2) is 8.48. The number of rotatable bonds is 7. The third kappa shape index (κ3) is 5.83. The van der Waals surface area contributed by atoms with Crippen LogP contribution in [0.4, 0.5) is 0 Å². The highest BCUT2D eigenvalue weighted by Gasteiger charge is 2.21. The zero-order valence-corrected chi connectivity index (χ0v) is 12.0. The van der Waals surface area contributed by atoms with Crippen LogP contribution in [0.3, 0.4) is 0 Å². The van der Waals surface area contributed by atoms with Crippen LogP contribution in [0, 0.1) is 17.8 Å². The van der Waals surface area contributed by atoms with E-state index in [1.807, 2.05) is 0 Å². The highest BCUT2D eigenvalue weighted by Crippen LogP contribution is 2.24. The molecule has 2 atom stereocenters. The average molecular weight is 256 g/mol. The third-order valence-electron chi connectivity index (χ3n) is 3.79. The van der Waals surface area contributed by atoms with E-state index in [9.17, 15) is 4.79 Å². The van der Waals surface area contributed by atoms with Gasteiger partial charge in [0.2, 0.25) is 5.91 Å². The molecular weight excluding hydrogens is 228 g/mol. The maximum atomic E-state index is 11.8. The van der Waals surface area contributed by atoms with Gasteiger partial charge in [0.15, 0.2) is 0 Å². The van der Waals surface area contributed by atoms with Crippen LogP contribution in [0.15, 0.2) is 0 Å². The van der Waals surface area contributed by atoms with Gasteiger partial charge < -0.3 is 15.4 Å². The van der Waals surface area contributed by atoms with Crippen LogP contribution in [-0.2, 0) is 9.53 Å². The molecule has 1 rings (SSSR count). The van der Waals surface area contributed by atoms with Crippen LogP contribution in [0.5, 0.6) is 0 Å². The fourth-order valence-corrected chi connectivity index (χ4v) is 2.58. The molecule has 1 fully saturated rings. The summed E-state index contributed by atoms with van der Waals surface area (Å²) in [7, 11) is 1.69. The third-order valence-corrected chi connectivity index (χ3v) is 3.79. The number of hydrogen-bond donors (Lipinski definition) is 2. The Bertz CT molecular complexity index is 240. The molecule has 0 aliphatic carbocycles. The lowest BCUT2D eigenvalue weighted by Gasteiger charge is -2.28. The first-order valence-electron chi connectivity index (χ1n) is 7.09. The Labute approximate surface area is 111 Å². The average Bonchev–Trinajstić information content (AvgIpc) is 2.38. The number of carbonyl (C=O) groups is 1. The van der Waals surface area contributed by atoms with Gasteiger partial charge in [-0.3, -0.25) is 4.79 Å². The van der Waals surface area contributed by atoms with E-state index in [1.165, 1.54) is 12.8 Å². The van der Waals surface area contributed by atoms with E-state index in [0.29, 0.717) is 37.3 Å². The lowest BCUT2D eigenvalue weighted by molar-refractivity contribution is -0.122. The summed E-state index contributed by atoms with van der Waals surface area (Å²) in [6, 6.07) is 0. The lowest BCUT2D eigenvalue weighted by atomic mass is 9.84. The van der Waals surface area contributed by atoms with Gasteiger partial charge in [-0.2, -0.15) is 0 Å². The van der Waals surface area contributed by atoms with E-state index in [2.05, 4.69) is 24.5 Å². The van der Waals surface area contributed by atoms with Crippen LogP contribution >= 0.6 is 0 Å². The second-order valence-corrected chi connectivity index (χ2v) is 5.63. The predicted octanol–water partition coefficient (Wildman–Crippen LogP) is 1.41. The zero-order valence-electron chi connectivity index (χ0n) is 12.0. The van der Waals surface area contributed by atoms with Gasteiger partial charge in [-0.1, -0.05) is 13.8 Å². The summed E-state index contributed by atoms with van der Waals surface area (Å²) in [6.45, 7) is 7.90. The fourth-order valence-electron chi connectivity index (χ4n) is 2.58. The SMILES string of the molecule is COCC(C)CNC(=O)CC(C)C1CCNCC1. The van der Waals surface area contributed by atoms with Gasteiger partial charge in [-0.15, -0.1) is 0 Å². The van der Waals surface area contributed by atoms with Crippen molar-refractivity contribution in [1.82, 2.24) is 10.6 Å². The van der Waals surface area contributed by atoms with Gasteiger partial charge in [-0.05, 0) is 43.7 Å². The van der Waals surface area contributed by atoms with Crippen molar-refractivity contribution in [3.63, 3.8) is 0 Å². The monoisotopic (exact) mass is 256 g/mol. The van der Waals surface area contributed by atoms with Crippen molar-refractivity contribution in [2.45, 2.75) is 33.1 Å². The van der Waals surface area contributed by atoms with E-state index < -0.39 is 0 Å². The first-order valence-corrected chi connectivity index (χ1v) is 7.09. The molecule has 0 spiro atoms. The van der Waals surface area contributed by atoms with Crippen LogP contribution in [-0.4, -0.2) is 39.3 Å². The minimum Gasteiger partial charge on any atom is -0.384 e. The molecule has 1 saturated heterocycles. The Morgan fingerprint density at radius 1 is 1.39 bits per heavy atom. The molecule has 2 unspecified atom stereocenters. The number of nitrogens with one attached hydrogen (secondary N) is 2. The zero-order chi connectivity index (χ0) is 13.4. The Balaban J connectivity index is 2.18. The molecule has 0 aromatic heterocycles. The molecule has 1 aliphatic rings. The summed E-state index contributed by atoms with van der Waals surface area (Å²) < 4.78 is 5.05. The molecule has 0 radical (unpaired) electrons. The summed E-state index contributed by atoms with van der Waals surface area (Å²) in [5.41, 5.74) is 0.